The molecule has 2 heterocycles. The summed E-state index contributed by atoms with van der Waals surface area (Å²) in [4.78, 5) is 27.0. The van der Waals surface area contributed by atoms with Gasteiger partial charge in [-0.25, -0.2) is 0 Å². The molecule has 5 atom stereocenters. The van der Waals surface area contributed by atoms with Gasteiger partial charge in [0.25, 0.3) is 0 Å². The summed E-state index contributed by atoms with van der Waals surface area (Å²) in [5, 5.41) is -0.0501. The highest BCUT2D eigenvalue weighted by Gasteiger charge is 2.65. The molecule has 0 aromatic heterocycles. The van der Waals surface area contributed by atoms with E-state index in [2.05, 4.69) is 67.7 Å². The minimum Gasteiger partial charge on any atom is -0.461 e. The fourth-order valence-corrected chi connectivity index (χ4v) is 6.54. The zero-order chi connectivity index (χ0) is 27.7. The van der Waals surface area contributed by atoms with E-state index in [9.17, 15) is 14.0 Å². The zero-order valence-corrected chi connectivity index (χ0v) is 26.3. The molecule has 0 radical (unpaired) electrons. The Balaban J connectivity index is 2.28. The van der Waals surface area contributed by atoms with Crippen LogP contribution < -0.4 is 0 Å². The van der Waals surface area contributed by atoms with E-state index in [4.69, 9.17) is 18.3 Å². The molecule has 3 rings (SSSR count). The molecule has 1 saturated heterocycles. The van der Waals surface area contributed by atoms with Crippen LogP contribution in [0.25, 0.3) is 0 Å². The molecular weight excluding hydrogens is 495 g/mol. The Bertz CT molecular complexity index is 829. The van der Waals surface area contributed by atoms with Crippen LogP contribution >= 0.6 is 0 Å². The number of carbonyl (C=O) groups excluding carboxylic acids is 2. The van der Waals surface area contributed by atoms with Crippen LogP contribution in [-0.4, -0.2) is 60.2 Å². The van der Waals surface area contributed by atoms with Crippen molar-refractivity contribution in [2.45, 2.75) is 122 Å². The number of hydrogen-bond acceptors (Lipinski definition) is 6. The number of hydrogen-bond donors (Lipinski definition) is 0. The van der Waals surface area contributed by atoms with Crippen LogP contribution in [0.1, 0.15) is 67.7 Å². The maximum Gasteiger partial charge on any atom is 0.330 e. The Morgan fingerprint density at radius 1 is 1.11 bits per heavy atom. The third kappa shape index (κ3) is 6.33. The lowest BCUT2D eigenvalue weighted by atomic mass is 9.66. The van der Waals surface area contributed by atoms with Gasteiger partial charge in [-0.3, -0.25) is 14.0 Å². The van der Waals surface area contributed by atoms with Gasteiger partial charge in [-0.2, -0.15) is 0 Å². The normalized spacial score (nSPS) is 27.7. The van der Waals surface area contributed by atoms with Gasteiger partial charge in [0.2, 0.25) is 5.41 Å². The first-order valence-electron chi connectivity index (χ1n) is 13.3. The van der Waals surface area contributed by atoms with Crippen molar-refractivity contribution in [2.75, 3.05) is 13.3 Å². The van der Waals surface area contributed by atoms with Crippen molar-refractivity contribution in [3.8, 4) is 0 Å². The minimum atomic E-state index is -2.39. The molecule has 0 aromatic rings. The molecule has 0 aromatic carbocycles. The Morgan fingerprint density at radius 2 is 1.69 bits per heavy atom. The van der Waals surface area contributed by atoms with E-state index in [0.29, 0.717) is 25.9 Å². The maximum absolute atomic E-state index is 13.7. The molecule has 3 aliphatic rings. The van der Waals surface area contributed by atoms with Crippen LogP contribution in [0.15, 0.2) is 12.2 Å². The average molecular weight is 545 g/mol. The summed E-state index contributed by atoms with van der Waals surface area (Å²) < 4.78 is 37.7. The second-order valence-electron chi connectivity index (χ2n) is 13.5. The first kappa shape index (κ1) is 31.2. The van der Waals surface area contributed by atoms with Gasteiger partial charge in [0.1, 0.15) is 12.2 Å². The Kier molecular flexibility index (Phi) is 9.51. The molecule has 0 saturated carbocycles. The lowest BCUT2D eigenvalue weighted by Gasteiger charge is -2.52. The van der Waals surface area contributed by atoms with Gasteiger partial charge in [0.15, 0.2) is 16.6 Å². The number of halogens is 1. The maximum atomic E-state index is 13.7. The van der Waals surface area contributed by atoms with E-state index in [1.54, 1.807) is 12.2 Å². The first-order chi connectivity index (χ1) is 16.3. The lowest BCUT2D eigenvalue weighted by Crippen LogP contribution is -2.65. The first-order valence-corrected chi connectivity index (χ1v) is 19.1. The largest absolute Gasteiger partial charge is 0.461 e. The summed E-state index contributed by atoms with van der Waals surface area (Å²) in [5.41, 5.74) is -1.68. The van der Waals surface area contributed by atoms with Crippen LogP contribution in [0.5, 0.6) is 0 Å². The van der Waals surface area contributed by atoms with Gasteiger partial charge < -0.3 is 18.3 Å². The average Bonchev–Trinajstić information content (AvgIpc) is 2.71. The Hall–Kier alpha value is -1.04. The monoisotopic (exact) mass is 544 g/mol. The molecule has 9 heteroatoms. The highest BCUT2D eigenvalue weighted by molar-refractivity contribution is 6.74. The SMILES string of the molecule is C[C@@H](CCO[Si](C)(C)C(C)(C)C)OC(=O)[C@@]12C=C[C@@H](OC1=O)[C@@H](CCCF)[C@H]2O[Si](C)(C)C(C)(C)C. The Labute approximate surface area is 219 Å². The quantitative estimate of drug-likeness (QED) is 0.127. The summed E-state index contributed by atoms with van der Waals surface area (Å²) in [6, 6.07) is 0. The molecule has 6 nitrogen and oxygen atoms in total. The second kappa shape index (κ2) is 11.0. The summed E-state index contributed by atoms with van der Waals surface area (Å²) in [6.07, 6.45) is 2.95. The van der Waals surface area contributed by atoms with Crippen molar-refractivity contribution in [3.63, 3.8) is 0 Å². The summed E-state index contributed by atoms with van der Waals surface area (Å²) in [6.45, 7) is 23.3. The van der Waals surface area contributed by atoms with Crippen molar-refractivity contribution in [1.82, 2.24) is 0 Å². The molecule has 0 N–H and O–H groups in total. The third-order valence-electron chi connectivity index (χ3n) is 8.73. The van der Waals surface area contributed by atoms with Crippen LogP contribution in [0, 0.1) is 11.3 Å². The van der Waals surface area contributed by atoms with E-state index < -0.39 is 59.0 Å². The van der Waals surface area contributed by atoms with E-state index in [1.165, 1.54) is 0 Å². The van der Waals surface area contributed by atoms with Gasteiger partial charge in [0, 0.05) is 18.9 Å². The second-order valence-corrected chi connectivity index (χ2v) is 23.1. The Morgan fingerprint density at radius 3 is 2.19 bits per heavy atom. The van der Waals surface area contributed by atoms with Gasteiger partial charge in [-0.05, 0) is 62.1 Å². The van der Waals surface area contributed by atoms with Crippen LogP contribution in [0.2, 0.25) is 36.3 Å². The number of fused-ring (bicyclic) bond motifs is 2. The smallest absolute Gasteiger partial charge is 0.330 e. The standard InChI is InChI=1S/C27H49FO6Si2/c1-19(15-18-31-35(8,9)25(2,3)4)32-23(29)27-16-14-21(33-24(27)30)20(13-12-17-28)22(27)34-36(10,11)26(5,6)7/h14,16,19-22H,12-13,15,17-18H2,1-11H3/t19-,20+,21+,22+,27-/m0/s1. The van der Waals surface area contributed by atoms with Crippen LogP contribution in [0.4, 0.5) is 4.39 Å². The van der Waals surface area contributed by atoms with Crippen molar-refractivity contribution in [1.29, 1.82) is 0 Å². The van der Waals surface area contributed by atoms with Crippen molar-refractivity contribution < 1.29 is 32.3 Å². The summed E-state index contributed by atoms with van der Waals surface area (Å²) >= 11 is 0. The fourth-order valence-electron chi connectivity index (χ4n) is 4.13. The molecule has 1 aliphatic carbocycles. The van der Waals surface area contributed by atoms with E-state index in [0.717, 1.165) is 0 Å². The molecule has 1 fully saturated rings. The van der Waals surface area contributed by atoms with Crippen molar-refractivity contribution in [2.24, 2.45) is 11.3 Å². The predicted octanol–water partition coefficient (Wildman–Crippen LogP) is 6.57. The minimum absolute atomic E-state index is 0.0874. The summed E-state index contributed by atoms with van der Waals surface area (Å²) in [7, 11) is -4.31. The summed E-state index contributed by atoms with van der Waals surface area (Å²) in [5.74, 6) is -1.59. The van der Waals surface area contributed by atoms with Gasteiger partial charge in [-0.1, -0.05) is 47.6 Å². The molecule has 36 heavy (non-hydrogen) atoms. The molecular formula is C27H49FO6Si2. The van der Waals surface area contributed by atoms with Gasteiger partial charge in [0.05, 0.1) is 12.8 Å². The van der Waals surface area contributed by atoms with Crippen molar-refractivity contribution in [3.05, 3.63) is 12.2 Å². The number of rotatable bonds is 11. The van der Waals surface area contributed by atoms with Gasteiger partial charge in [-0.15, -0.1) is 0 Å². The van der Waals surface area contributed by atoms with E-state index >= 15 is 0 Å². The molecule has 208 valence electrons. The highest BCUT2D eigenvalue weighted by atomic mass is 28.4. The molecule has 0 spiro atoms. The van der Waals surface area contributed by atoms with Crippen LogP contribution in [-0.2, 0) is 27.9 Å². The van der Waals surface area contributed by atoms with E-state index in [1.807, 2.05) is 6.92 Å². The lowest BCUT2D eigenvalue weighted by molar-refractivity contribution is -0.202. The predicted molar refractivity (Wildman–Crippen MR) is 146 cm³/mol. The van der Waals surface area contributed by atoms with Crippen LogP contribution in [0.3, 0.4) is 0 Å². The zero-order valence-electron chi connectivity index (χ0n) is 24.3. The molecule has 0 amide bonds. The molecule has 2 aliphatic heterocycles. The molecule has 0 unspecified atom stereocenters. The fraction of sp³-hybridized carbons (Fsp3) is 0.852. The van der Waals surface area contributed by atoms with Gasteiger partial charge >= 0.3 is 11.9 Å². The molecule has 2 bridgehead atoms. The van der Waals surface area contributed by atoms with E-state index in [-0.39, 0.29) is 16.0 Å². The topological polar surface area (TPSA) is 71.1 Å². The van der Waals surface area contributed by atoms with Crippen molar-refractivity contribution >= 4 is 28.6 Å². The third-order valence-corrected chi connectivity index (χ3v) is 17.7. The number of carbonyl (C=O) groups is 2. The highest BCUT2D eigenvalue weighted by Crippen LogP contribution is 2.50. The number of ether oxygens (including phenoxy) is 2. The number of alkyl halides is 1. The number of esters is 2.